The van der Waals surface area contributed by atoms with Crippen LogP contribution in [0, 0.1) is 0 Å². The first kappa shape index (κ1) is 26.7. The minimum atomic E-state index is -4.13. The number of hydrogen-bond acceptors (Lipinski definition) is 3. The molecule has 1 unspecified atom stereocenters. The van der Waals surface area contributed by atoms with E-state index in [2.05, 4.69) is 48.2 Å². The summed E-state index contributed by atoms with van der Waals surface area (Å²) in [6, 6.07) is 1.02. The SMILES string of the molecule is CCNC(=NCCCN(C(C)C)C(C)C)NC1CCN(CC(F)(F)F)C1.I. The van der Waals surface area contributed by atoms with Gasteiger partial charge in [-0.2, -0.15) is 13.2 Å². The number of halogens is 4. The first-order valence-corrected chi connectivity index (χ1v) is 9.72. The lowest BCUT2D eigenvalue weighted by Gasteiger charge is -2.30. The molecule has 1 fully saturated rings. The molecule has 0 aliphatic carbocycles. The van der Waals surface area contributed by atoms with Crippen molar-refractivity contribution in [3.8, 4) is 0 Å². The maximum absolute atomic E-state index is 12.5. The minimum Gasteiger partial charge on any atom is -0.357 e. The Morgan fingerprint density at radius 1 is 1.22 bits per heavy atom. The Labute approximate surface area is 179 Å². The van der Waals surface area contributed by atoms with Crippen molar-refractivity contribution in [2.75, 3.05) is 39.3 Å². The Morgan fingerprint density at radius 3 is 2.37 bits per heavy atom. The van der Waals surface area contributed by atoms with Crippen molar-refractivity contribution in [3.05, 3.63) is 0 Å². The monoisotopic (exact) mass is 507 g/mol. The van der Waals surface area contributed by atoms with Gasteiger partial charge in [0, 0.05) is 50.8 Å². The van der Waals surface area contributed by atoms with Gasteiger partial charge in [0.2, 0.25) is 0 Å². The van der Waals surface area contributed by atoms with Gasteiger partial charge in [0.15, 0.2) is 5.96 Å². The van der Waals surface area contributed by atoms with Crippen LogP contribution < -0.4 is 10.6 Å². The van der Waals surface area contributed by atoms with Gasteiger partial charge >= 0.3 is 6.18 Å². The van der Waals surface area contributed by atoms with Gasteiger partial charge in [-0.15, -0.1) is 24.0 Å². The number of nitrogens with one attached hydrogen (secondary N) is 2. The average molecular weight is 507 g/mol. The summed E-state index contributed by atoms with van der Waals surface area (Å²) in [7, 11) is 0. The summed E-state index contributed by atoms with van der Waals surface area (Å²) in [5.41, 5.74) is 0. The van der Waals surface area contributed by atoms with E-state index in [9.17, 15) is 13.2 Å². The molecule has 0 saturated carbocycles. The van der Waals surface area contributed by atoms with E-state index < -0.39 is 12.7 Å². The molecule has 5 nitrogen and oxygen atoms in total. The highest BCUT2D eigenvalue weighted by Crippen LogP contribution is 2.19. The Hall–Kier alpha value is -0.290. The van der Waals surface area contributed by atoms with Crippen molar-refractivity contribution in [2.24, 2.45) is 4.99 Å². The highest BCUT2D eigenvalue weighted by atomic mass is 127. The zero-order chi connectivity index (χ0) is 19.7. The molecule has 1 atom stereocenters. The highest BCUT2D eigenvalue weighted by Gasteiger charge is 2.34. The highest BCUT2D eigenvalue weighted by molar-refractivity contribution is 14.0. The fourth-order valence-electron chi connectivity index (χ4n) is 3.42. The third-order valence-electron chi connectivity index (χ3n) is 4.53. The molecule has 0 aromatic rings. The summed E-state index contributed by atoms with van der Waals surface area (Å²) in [5.74, 6) is 0.701. The number of aliphatic imine (C=N–C) groups is 1. The number of guanidine groups is 1. The van der Waals surface area contributed by atoms with E-state index in [-0.39, 0.29) is 30.0 Å². The van der Waals surface area contributed by atoms with Crippen LogP contribution >= 0.6 is 24.0 Å². The lowest BCUT2D eigenvalue weighted by Crippen LogP contribution is -2.45. The number of hydrogen-bond donors (Lipinski definition) is 2. The largest absolute Gasteiger partial charge is 0.401 e. The maximum atomic E-state index is 12.5. The quantitative estimate of drug-likeness (QED) is 0.218. The van der Waals surface area contributed by atoms with E-state index in [0.29, 0.717) is 44.1 Å². The number of likely N-dealkylation sites (tertiary alicyclic amines) is 1. The van der Waals surface area contributed by atoms with Gasteiger partial charge in [-0.3, -0.25) is 14.8 Å². The van der Waals surface area contributed by atoms with Gasteiger partial charge in [-0.05, 0) is 47.5 Å². The maximum Gasteiger partial charge on any atom is 0.401 e. The number of nitrogens with zero attached hydrogens (tertiary/aromatic N) is 3. The third kappa shape index (κ3) is 11.3. The molecule has 1 aliphatic rings. The van der Waals surface area contributed by atoms with Crippen molar-refractivity contribution in [1.29, 1.82) is 0 Å². The molecular formula is C18H37F3IN5. The fraction of sp³-hybridized carbons (Fsp3) is 0.944. The van der Waals surface area contributed by atoms with Crippen LogP contribution in [-0.4, -0.2) is 79.3 Å². The number of rotatable bonds is 9. The van der Waals surface area contributed by atoms with Gasteiger partial charge < -0.3 is 10.6 Å². The van der Waals surface area contributed by atoms with E-state index in [4.69, 9.17) is 0 Å². The first-order valence-electron chi connectivity index (χ1n) is 9.72. The molecule has 27 heavy (non-hydrogen) atoms. The molecule has 1 saturated heterocycles. The Bertz CT molecular complexity index is 422. The summed E-state index contributed by atoms with van der Waals surface area (Å²) in [4.78, 5) is 8.48. The van der Waals surface area contributed by atoms with Crippen LogP contribution in [0.4, 0.5) is 13.2 Å². The molecule has 2 N–H and O–H groups in total. The molecule has 1 rings (SSSR count). The predicted molar refractivity (Wildman–Crippen MR) is 117 cm³/mol. The lowest BCUT2D eigenvalue weighted by atomic mass is 10.2. The molecule has 0 aromatic heterocycles. The summed E-state index contributed by atoms with van der Waals surface area (Å²) in [6.45, 7) is 13.2. The molecule has 1 aliphatic heterocycles. The van der Waals surface area contributed by atoms with Crippen molar-refractivity contribution in [2.45, 2.75) is 71.8 Å². The lowest BCUT2D eigenvalue weighted by molar-refractivity contribution is -0.143. The second-order valence-electron chi connectivity index (χ2n) is 7.52. The molecular weight excluding hydrogens is 470 g/mol. The number of alkyl halides is 3. The van der Waals surface area contributed by atoms with Gasteiger partial charge in [0.1, 0.15) is 0 Å². The van der Waals surface area contributed by atoms with Crippen LogP contribution in [0.25, 0.3) is 0 Å². The molecule has 0 amide bonds. The molecule has 162 valence electrons. The van der Waals surface area contributed by atoms with E-state index >= 15 is 0 Å². The molecule has 0 radical (unpaired) electrons. The smallest absolute Gasteiger partial charge is 0.357 e. The van der Waals surface area contributed by atoms with E-state index in [1.165, 1.54) is 4.90 Å². The van der Waals surface area contributed by atoms with Gasteiger partial charge in [-0.25, -0.2) is 0 Å². The van der Waals surface area contributed by atoms with E-state index in [1.807, 2.05) is 6.92 Å². The second kappa shape index (κ2) is 13.0. The third-order valence-corrected chi connectivity index (χ3v) is 4.53. The van der Waals surface area contributed by atoms with Gasteiger partial charge in [0.05, 0.1) is 6.54 Å². The minimum absolute atomic E-state index is 0. The van der Waals surface area contributed by atoms with Crippen LogP contribution in [0.1, 0.15) is 47.5 Å². The van der Waals surface area contributed by atoms with Crippen LogP contribution in [0.5, 0.6) is 0 Å². The summed E-state index contributed by atoms with van der Waals surface area (Å²) < 4.78 is 37.5. The zero-order valence-corrected chi connectivity index (χ0v) is 19.6. The first-order chi connectivity index (χ1) is 12.1. The Kier molecular flexibility index (Phi) is 12.9. The zero-order valence-electron chi connectivity index (χ0n) is 17.3. The van der Waals surface area contributed by atoms with Crippen molar-refractivity contribution >= 4 is 29.9 Å². The molecule has 0 aromatic carbocycles. The summed E-state index contributed by atoms with van der Waals surface area (Å²) >= 11 is 0. The van der Waals surface area contributed by atoms with Crippen molar-refractivity contribution < 1.29 is 13.2 Å². The Morgan fingerprint density at radius 2 is 1.85 bits per heavy atom. The predicted octanol–water partition coefficient (Wildman–Crippen LogP) is 3.31. The Balaban J connectivity index is 0.00000676. The van der Waals surface area contributed by atoms with Crippen LogP contribution in [0.15, 0.2) is 4.99 Å². The van der Waals surface area contributed by atoms with Crippen molar-refractivity contribution in [3.63, 3.8) is 0 Å². The second-order valence-corrected chi connectivity index (χ2v) is 7.52. The molecule has 9 heteroatoms. The van der Waals surface area contributed by atoms with Crippen LogP contribution in [0.2, 0.25) is 0 Å². The normalized spacial score (nSPS) is 19.1. The van der Waals surface area contributed by atoms with Gasteiger partial charge in [-0.1, -0.05) is 0 Å². The van der Waals surface area contributed by atoms with Crippen molar-refractivity contribution in [1.82, 2.24) is 20.4 Å². The van der Waals surface area contributed by atoms with E-state index in [1.54, 1.807) is 0 Å². The topological polar surface area (TPSA) is 42.9 Å². The van der Waals surface area contributed by atoms with Crippen LogP contribution in [0.3, 0.4) is 0 Å². The van der Waals surface area contributed by atoms with Gasteiger partial charge in [0.25, 0.3) is 0 Å². The average Bonchev–Trinajstić information content (AvgIpc) is 2.91. The summed E-state index contributed by atoms with van der Waals surface area (Å²) in [6.07, 6.45) is -2.47. The molecule has 0 bridgehead atoms. The molecule has 0 spiro atoms. The standard InChI is InChI=1S/C18H36F3N5.HI/c1-6-22-17(23-9-7-10-26(14(2)3)15(4)5)24-16-8-11-25(12-16)13-18(19,20)21;/h14-16H,6-13H2,1-5H3,(H2,22,23,24);1H. The fourth-order valence-corrected chi connectivity index (χ4v) is 3.42. The molecule has 1 heterocycles. The summed E-state index contributed by atoms with van der Waals surface area (Å²) in [5, 5.41) is 6.47. The van der Waals surface area contributed by atoms with Crippen LogP contribution in [-0.2, 0) is 0 Å². The van der Waals surface area contributed by atoms with E-state index in [0.717, 1.165) is 19.5 Å².